The average Bonchev–Trinajstić information content (AvgIpc) is 2.56. The van der Waals surface area contributed by atoms with Crippen molar-refractivity contribution >= 4 is 17.7 Å². The van der Waals surface area contributed by atoms with Crippen molar-refractivity contribution in [2.24, 2.45) is 11.8 Å². The highest BCUT2D eigenvalue weighted by molar-refractivity contribution is 7.99. The molecule has 2 N–H and O–H groups in total. The molecule has 1 aromatic carbocycles. The van der Waals surface area contributed by atoms with Gasteiger partial charge in [0.2, 0.25) is 5.91 Å². The van der Waals surface area contributed by atoms with Crippen LogP contribution in [0.5, 0.6) is 0 Å². The summed E-state index contributed by atoms with van der Waals surface area (Å²) in [4.78, 5) is 13.6. The van der Waals surface area contributed by atoms with E-state index in [0.717, 1.165) is 18.8 Å². The van der Waals surface area contributed by atoms with Crippen LogP contribution in [0.25, 0.3) is 0 Å². The van der Waals surface area contributed by atoms with Gasteiger partial charge in [-0.1, -0.05) is 26.0 Å². The molecule has 0 radical (unpaired) electrons. The lowest BCUT2D eigenvalue weighted by Crippen LogP contribution is -2.34. The minimum Gasteiger partial charge on any atom is -0.350 e. The van der Waals surface area contributed by atoms with Gasteiger partial charge in [0, 0.05) is 11.3 Å². The molecule has 2 unspecified atom stereocenters. The summed E-state index contributed by atoms with van der Waals surface area (Å²) >= 11 is 1.84. The topological polar surface area (TPSA) is 41.1 Å². The molecular formula is C19H30N2OS. The summed E-state index contributed by atoms with van der Waals surface area (Å²) in [7, 11) is 0. The fourth-order valence-corrected chi connectivity index (χ4v) is 3.94. The number of hydrogen-bond donors (Lipinski definition) is 2. The summed E-state index contributed by atoms with van der Waals surface area (Å²) in [5.74, 6) is 2.41. The van der Waals surface area contributed by atoms with Gasteiger partial charge >= 0.3 is 0 Å². The van der Waals surface area contributed by atoms with E-state index in [0.29, 0.717) is 18.3 Å². The fourth-order valence-electron chi connectivity index (χ4n) is 3.28. The number of benzene rings is 1. The largest absolute Gasteiger partial charge is 0.350 e. The Morgan fingerprint density at radius 2 is 1.91 bits per heavy atom. The molecule has 0 saturated carbocycles. The first-order chi connectivity index (χ1) is 11.1. The molecule has 2 rings (SSSR count). The number of piperidine rings is 1. The van der Waals surface area contributed by atoms with Crippen molar-refractivity contribution in [3.05, 3.63) is 29.8 Å². The highest BCUT2D eigenvalue weighted by Gasteiger charge is 2.22. The molecule has 4 heteroatoms. The van der Waals surface area contributed by atoms with Crippen LogP contribution < -0.4 is 10.6 Å². The van der Waals surface area contributed by atoms with E-state index in [9.17, 15) is 4.79 Å². The third-order valence-electron chi connectivity index (χ3n) is 4.76. The molecule has 0 aliphatic carbocycles. The van der Waals surface area contributed by atoms with E-state index in [1.54, 1.807) is 0 Å². The van der Waals surface area contributed by atoms with Crippen molar-refractivity contribution in [3.63, 3.8) is 0 Å². The van der Waals surface area contributed by atoms with Crippen molar-refractivity contribution in [2.45, 2.75) is 51.0 Å². The van der Waals surface area contributed by atoms with E-state index >= 15 is 0 Å². The number of nitrogens with one attached hydrogen (secondary N) is 2. The Morgan fingerprint density at radius 1 is 1.26 bits per heavy atom. The molecular weight excluding hydrogens is 304 g/mol. The molecule has 2 atom stereocenters. The molecule has 0 aromatic heterocycles. The van der Waals surface area contributed by atoms with Crippen LogP contribution in [0.3, 0.4) is 0 Å². The van der Waals surface area contributed by atoms with Crippen LogP contribution in [0, 0.1) is 11.8 Å². The third-order valence-corrected chi connectivity index (χ3v) is 5.66. The van der Waals surface area contributed by atoms with E-state index < -0.39 is 0 Å². The highest BCUT2D eigenvalue weighted by atomic mass is 32.2. The first-order valence-corrected chi connectivity index (χ1v) is 9.81. The van der Waals surface area contributed by atoms with E-state index in [1.165, 1.54) is 23.3 Å². The maximum absolute atomic E-state index is 12.3. The summed E-state index contributed by atoms with van der Waals surface area (Å²) in [5.41, 5.74) is 1.17. The lowest BCUT2D eigenvalue weighted by atomic mass is 9.84. The van der Waals surface area contributed by atoms with Crippen LogP contribution in [-0.2, 0) is 4.79 Å². The van der Waals surface area contributed by atoms with Crippen molar-refractivity contribution in [3.8, 4) is 0 Å². The lowest BCUT2D eigenvalue weighted by molar-refractivity contribution is -0.123. The molecule has 1 amide bonds. The van der Waals surface area contributed by atoms with Crippen molar-refractivity contribution < 1.29 is 4.79 Å². The number of carbonyl (C=O) groups is 1. The molecule has 1 heterocycles. The van der Waals surface area contributed by atoms with E-state index in [4.69, 9.17) is 0 Å². The SMILES string of the molecule is CCSc1ccc(C(C)NC(=O)CC(C)C2CCNCC2)cc1. The zero-order valence-electron chi connectivity index (χ0n) is 14.6. The third kappa shape index (κ3) is 5.85. The van der Waals surface area contributed by atoms with Crippen LogP contribution >= 0.6 is 11.8 Å². The van der Waals surface area contributed by atoms with Gasteiger partial charge in [0.25, 0.3) is 0 Å². The zero-order chi connectivity index (χ0) is 16.7. The van der Waals surface area contributed by atoms with Gasteiger partial charge in [-0.25, -0.2) is 0 Å². The first-order valence-electron chi connectivity index (χ1n) is 8.83. The number of thioether (sulfide) groups is 1. The Balaban J connectivity index is 1.81. The molecule has 0 spiro atoms. The van der Waals surface area contributed by atoms with Gasteiger partial charge in [-0.3, -0.25) is 4.79 Å². The quantitative estimate of drug-likeness (QED) is 0.741. The van der Waals surface area contributed by atoms with Crippen LogP contribution in [0.1, 0.15) is 51.6 Å². The minimum atomic E-state index is 0.0726. The Morgan fingerprint density at radius 3 is 2.52 bits per heavy atom. The average molecular weight is 335 g/mol. The summed E-state index contributed by atoms with van der Waals surface area (Å²) in [5, 5.41) is 6.54. The van der Waals surface area contributed by atoms with Crippen molar-refractivity contribution in [1.29, 1.82) is 0 Å². The number of hydrogen-bond acceptors (Lipinski definition) is 3. The summed E-state index contributed by atoms with van der Waals surface area (Å²) < 4.78 is 0. The van der Waals surface area contributed by atoms with E-state index in [-0.39, 0.29) is 11.9 Å². The van der Waals surface area contributed by atoms with Gasteiger partial charge < -0.3 is 10.6 Å². The highest BCUT2D eigenvalue weighted by Crippen LogP contribution is 2.25. The predicted octanol–water partition coefficient (Wildman–Crippen LogP) is 4.00. The van der Waals surface area contributed by atoms with E-state index in [1.807, 2.05) is 11.8 Å². The molecule has 1 aliphatic heterocycles. The lowest BCUT2D eigenvalue weighted by Gasteiger charge is -2.28. The fraction of sp³-hybridized carbons (Fsp3) is 0.632. The Bertz CT molecular complexity index is 483. The molecule has 128 valence electrons. The predicted molar refractivity (Wildman–Crippen MR) is 98.8 cm³/mol. The van der Waals surface area contributed by atoms with Gasteiger partial charge in [-0.2, -0.15) is 0 Å². The summed E-state index contributed by atoms with van der Waals surface area (Å²) in [6, 6.07) is 8.61. The molecule has 1 aromatic rings. The second-order valence-electron chi connectivity index (χ2n) is 6.56. The second kappa shape index (κ2) is 9.33. The second-order valence-corrected chi connectivity index (χ2v) is 7.90. The number of rotatable bonds is 7. The Kier molecular flexibility index (Phi) is 7.44. The number of amides is 1. The standard InChI is InChI=1S/C19H30N2OS/c1-4-23-18-7-5-17(6-8-18)15(3)21-19(22)13-14(2)16-9-11-20-12-10-16/h5-8,14-16,20H,4,9-13H2,1-3H3,(H,21,22). The maximum atomic E-state index is 12.3. The zero-order valence-corrected chi connectivity index (χ0v) is 15.4. The van der Waals surface area contributed by atoms with Gasteiger partial charge in [0.1, 0.15) is 0 Å². The molecule has 0 bridgehead atoms. The van der Waals surface area contributed by atoms with Crippen LogP contribution in [0.15, 0.2) is 29.2 Å². The van der Waals surface area contributed by atoms with Gasteiger partial charge in [-0.05, 0) is 68.1 Å². The molecule has 1 saturated heterocycles. The van der Waals surface area contributed by atoms with E-state index in [2.05, 4.69) is 55.7 Å². The smallest absolute Gasteiger partial charge is 0.220 e. The Hall–Kier alpha value is -1.00. The van der Waals surface area contributed by atoms with Crippen molar-refractivity contribution in [1.82, 2.24) is 10.6 Å². The molecule has 23 heavy (non-hydrogen) atoms. The first kappa shape index (κ1) is 18.3. The normalized spacial score (nSPS) is 18.4. The Labute approximate surface area is 145 Å². The van der Waals surface area contributed by atoms with Gasteiger partial charge in [-0.15, -0.1) is 11.8 Å². The molecule has 1 fully saturated rings. The minimum absolute atomic E-state index is 0.0726. The summed E-state index contributed by atoms with van der Waals surface area (Å²) in [6.07, 6.45) is 3.03. The molecule has 1 aliphatic rings. The maximum Gasteiger partial charge on any atom is 0.220 e. The number of carbonyl (C=O) groups excluding carboxylic acids is 1. The van der Waals surface area contributed by atoms with Gasteiger partial charge in [0.05, 0.1) is 6.04 Å². The van der Waals surface area contributed by atoms with Crippen LogP contribution in [0.4, 0.5) is 0 Å². The summed E-state index contributed by atoms with van der Waals surface area (Å²) in [6.45, 7) is 8.63. The van der Waals surface area contributed by atoms with Crippen LogP contribution in [-0.4, -0.2) is 24.7 Å². The monoisotopic (exact) mass is 334 g/mol. The molecule has 3 nitrogen and oxygen atoms in total. The van der Waals surface area contributed by atoms with Crippen molar-refractivity contribution in [2.75, 3.05) is 18.8 Å². The van der Waals surface area contributed by atoms with Gasteiger partial charge in [0.15, 0.2) is 0 Å². The van der Waals surface area contributed by atoms with Crippen LogP contribution in [0.2, 0.25) is 0 Å².